The second-order valence-corrected chi connectivity index (χ2v) is 4.80. The van der Waals surface area contributed by atoms with Crippen LogP contribution >= 0.6 is 0 Å². The van der Waals surface area contributed by atoms with Crippen LogP contribution in [0.4, 0.5) is 17.6 Å². The summed E-state index contributed by atoms with van der Waals surface area (Å²) in [7, 11) is 0. The van der Waals surface area contributed by atoms with E-state index in [0.717, 1.165) is 0 Å². The van der Waals surface area contributed by atoms with E-state index in [9.17, 15) is 22.7 Å². The average Bonchev–Trinajstić information content (AvgIpc) is 2.89. The van der Waals surface area contributed by atoms with E-state index in [0.29, 0.717) is 16.6 Å². The van der Waals surface area contributed by atoms with Crippen LogP contribution in [0.25, 0.3) is 16.6 Å². The number of aromatic nitrogens is 2. The molecule has 7 heteroatoms. The first-order valence-electron chi connectivity index (χ1n) is 6.34. The monoisotopic (exact) mass is 310 g/mol. The maximum atomic E-state index is 12.9. The van der Waals surface area contributed by atoms with E-state index in [1.54, 1.807) is 0 Å². The highest BCUT2D eigenvalue weighted by Crippen LogP contribution is 2.33. The highest BCUT2D eigenvalue weighted by molar-refractivity contribution is 5.81. The van der Waals surface area contributed by atoms with Gasteiger partial charge in [0.15, 0.2) is 6.10 Å². The van der Waals surface area contributed by atoms with E-state index in [1.165, 1.54) is 53.3 Å². The van der Waals surface area contributed by atoms with Crippen LogP contribution in [0.2, 0.25) is 0 Å². The molecule has 0 fully saturated rings. The predicted octanol–water partition coefficient (Wildman–Crippen LogP) is 3.76. The Morgan fingerprint density at radius 1 is 1.05 bits per heavy atom. The minimum absolute atomic E-state index is 0.251. The number of hydrogen-bond donors (Lipinski definition) is 1. The Balaban J connectivity index is 2.05. The molecule has 2 aromatic carbocycles. The summed E-state index contributed by atoms with van der Waals surface area (Å²) in [4.78, 5) is 0. The lowest BCUT2D eigenvalue weighted by atomic mass is 10.1. The van der Waals surface area contributed by atoms with Crippen LogP contribution in [-0.2, 0) is 0 Å². The number of benzene rings is 2. The van der Waals surface area contributed by atoms with Crippen LogP contribution in [0.1, 0.15) is 11.7 Å². The summed E-state index contributed by atoms with van der Waals surface area (Å²) in [5.74, 6) is -0.393. The van der Waals surface area contributed by atoms with Crippen LogP contribution in [-0.4, -0.2) is 21.1 Å². The Bertz CT molecular complexity index is 809. The Morgan fingerprint density at radius 3 is 2.36 bits per heavy atom. The van der Waals surface area contributed by atoms with Crippen molar-refractivity contribution in [2.45, 2.75) is 12.3 Å². The van der Waals surface area contributed by atoms with Gasteiger partial charge in [-0.05, 0) is 42.0 Å². The molecule has 1 atom stereocenters. The summed E-state index contributed by atoms with van der Waals surface area (Å²) >= 11 is 0. The molecule has 0 spiro atoms. The largest absolute Gasteiger partial charge is 0.418 e. The first kappa shape index (κ1) is 14.5. The zero-order chi connectivity index (χ0) is 15.9. The quantitative estimate of drug-likeness (QED) is 0.732. The average molecular weight is 310 g/mol. The Kier molecular flexibility index (Phi) is 3.37. The molecule has 0 saturated carbocycles. The van der Waals surface area contributed by atoms with Crippen molar-refractivity contribution in [3.8, 4) is 5.69 Å². The van der Waals surface area contributed by atoms with E-state index in [4.69, 9.17) is 0 Å². The molecule has 114 valence electrons. The maximum Gasteiger partial charge on any atom is 0.418 e. The summed E-state index contributed by atoms with van der Waals surface area (Å²) in [6, 6.07) is 9.44. The van der Waals surface area contributed by atoms with Gasteiger partial charge < -0.3 is 5.11 Å². The van der Waals surface area contributed by atoms with Gasteiger partial charge in [-0.25, -0.2) is 9.07 Å². The number of nitrogens with zero attached hydrogens (tertiary/aromatic N) is 2. The molecule has 3 aromatic rings. The molecule has 22 heavy (non-hydrogen) atoms. The first-order valence-corrected chi connectivity index (χ1v) is 6.34. The van der Waals surface area contributed by atoms with Crippen molar-refractivity contribution < 1.29 is 22.7 Å². The molecule has 0 amide bonds. The fraction of sp³-hybridized carbons (Fsp3) is 0.133. The summed E-state index contributed by atoms with van der Waals surface area (Å²) in [5.41, 5.74) is 0.893. The van der Waals surface area contributed by atoms with Gasteiger partial charge in [0.1, 0.15) is 5.82 Å². The fourth-order valence-electron chi connectivity index (χ4n) is 2.20. The number of aliphatic hydroxyl groups excluding tert-OH is 1. The van der Waals surface area contributed by atoms with E-state index in [2.05, 4.69) is 5.10 Å². The minimum atomic E-state index is -4.72. The lowest BCUT2D eigenvalue weighted by molar-refractivity contribution is -0.206. The number of fused-ring (bicyclic) bond motifs is 1. The summed E-state index contributed by atoms with van der Waals surface area (Å²) in [6.45, 7) is 0. The third kappa shape index (κ3) is 2.55. The Hall–Kier alpha value is -2.41. The van der Waals surface area contributed by atoms with Crippen molar-refractivity contribution in [3.05, 3.63) is 60.0 Å². The number of rotatable bonds is 2. The van der Waals surface area contributed by atoms with Crippen molar-refractivity contribution in [1.29, 1.82) is 0 Å². The smallest absolute Gasteiger partial charge is 0.379 e. The van der Waals surface area contributed by atoms with Crippen molar-refractivity contribution in [2.75, 3.05) is 0 Å². The van der Waals surface area contributed by atoms with Crippen molar-refractivity contribution >= 4 is 10.9 Å². The number of hydrogen-bond acceptors (Lipinski definition) is 2. The van der Waals surface area contributed by atoms with Gasteiger partial charge in [0.2, 0.25) is 0 Å². The van der Waals surface area contributed by atoms with Gasteiger partial charge in [-0.1, -0.05) is 6.07 Å². The van der Waals surface area contributed by atoms with Gasteiger partial charge in [0, 0.05) is 5.39 Å². The molecule has 3 rings (SSSR count). The molecule has 0 aliphatic heterocycles. The first-order chi connectivity index (χ1) is 10.4. The molecule has 1 heterocycles. The van der Waals surface area contributed by atoms with Gasteiger partial charge in [0.05, 0.1) is 17.4 Å². The van der Waals surface area contributed by atoms with Gasteiger partial charge in [-0.3, -0.25) is 0 Å². The van der Waals surface area contributed by atoms with Gasteiger partial charge >= 0.3 is 6.18 Å². The van der Waals surface area contributed by atoms with E-state index >= 15 is 0 Å². The fourth-order valence-corrected chi connectivity index (χ4v) is 2.20. The summed E-state index contributed by atoms with van der Waals surface area (Å²) < 4.78 is 52.0. The molecule has 3 nitrogen and oxygen atoms in total. The zero-order valence-electron chi connectivity index (χ0n) is 11.0. The second kappa shape index (κ2) is 5.10. The third-order valence-electron chi connectivity index (χ3n) is 3.29. The van der Waals surface area contributed by atoms with Gasteiger partial charge in [-0.2, -0.15) is 18.3 Å². The normalized spacial score (nSPS) is 13.5. The molecule has 0 aliphatic carbocycles. The predicted molar refractivity (Wildman–Crippen MR) is 72.0 cm³/mol. The highest BCUT2D eigenvalue weighted by atomic mass is 19.4. The van der Waals surface area contributed by atoms with E-state index in [-0.39, 0.29) is 5.56 Å². The summed E-state index contributed by atoms with van der Waals surface area (Å²) in [5, 5.41) is 13.8. The third-order valence-corrected chi connectivity index (χ3v) is 3.29. The standard InChI is InChI=1S/C15H10F4N2O/c16-11-2-4-12(5-3-11)21-13-6-1-9(7-10(13)8-20-21)14(22)15(17,18)19/h1-8,14,22H. The molecule has 0 radical (unpaired) electrons. The van der Waals surface area contributed by atoms with Crippen LogP contribution in [0.15, 0.2) is 48.7 Å². The molecular weight excluding hydrogens is 300 g/mol. The number of aliphatic hydroxyl groups is 1. The summed E-state index contributed by atoms with van der Waals surface area (Å²) in [6.07, 6.45) is -5.86. The Labute approximate surface area is 122 Å². The topological polar surface area (TPSA) is 38.1 Å². The van der Waals surface area contributed by atoms with Crippen molar-refractivity contribution in [1.82, 2.24) is 9.78 Å². The van der Waals surface area contributed by atoms with E-state index < -0.39 is 18.1 Å². The molecule has 1 aromatic heterocycles. The zero-order valence-corrected chi connectivity index (χ0v) is 11.0. The lowest BCUT2D eigenvalue weighted by Crippen LogP contribution is -2.20. The van der Waals surface area contributed by atoms with Crippen molar-refractivity contribution in [3.63, 3.8) is 0 Å². The Morgan fingerprint density at radius 2 is 1.73 bits per heavy atom. The van der Waals surface area contributed by atoms with E-state index in [1.807, 2.05) is 0 Å². The number of halogens is 4. The second-order valence-electron chi connectivity index (χ2n) is 4.80. The molecular formula is C15H10F4N2O. The lowest BCUT2D eigenvalue weighted by Gasteiger charge is -2.14. The minimum Gasteiger partial charge on any atom is -0.379 e. The van der Waals surface area contributed by atoms with Crippen LogP contribution in [0.3, 0.4) is 0 Å². The van der Waals surface area contributed by atoms with Crippen LogP contribution in [0.5, 0.6) is 0 Å². The number of alkyl halides is 3. The highest BCUT2D eigenvalue weighted by Gasteiger charge is 2.39. The van der Waals surface area contributed by atoms with Crippen LogP contribution < -0.4 is 0 Å². The molecule has 1 N–H and O–H groups in total. The SMILES string of the molecule is OC(c1ccc2c(cnn2-c2ccc(F)cc2)c1)C(F)(F)F. The van der Waals surface area contributed by atoms with Gasteiger partial charge in [0.25, 0.3) is 0 Å². The molecule has 0 bridgehead atoms. The van der Waals surface area contributed by atoms with Gasteiger partial charge in [-0.15, -0.1) is 0 Å². The molecule has 0 saturated heterocycles. The van der Waals surface area contributed by atoms with Crippen molar-refractivity contribution in [2.24, 2.45) is 0 Å². The molecule has 1 unspecified atom stereocenters. The molecule has 0 aliphatic rings. The van der Waals surface area contributed by atoms with Crippen LogP contribution in [0, 0.1) is 5.82 Å². The maximum absolute atomic E-state index is 12.9.